The number of hydrogen-bond donors (Lipinski definition) is 2. The largest absolute Gasteiger partial charge is 0.388 e. The lowest BCUT2D eigenvalue weighted by molar-refractivity contribution is -0.0107. The third kappa shape index (κ3) is 3.94. The summed E-state index contributed by atoms with van der Waals surface area (Å²) in [6.45, 7) is 7.68. The first-order valence-corrected chi connectivity index (χ1v) is 7.65. The highest BCUT2D eigenvalue weighted by molar-refractivity contribution is 5.99. The van der Waals surface area contributed by atoms with Crippen molar-refractivity contribution in [2.24, 2.45) is 0 Å². The molecule has 21 heavy (non-hydrogen) atoms. The van der Waals surface area contributed by atoms with Crippen molar-refractivity contribution >= 4 is 11.6 Å². The fourth-order valence-electron chi connectivity index (χ4n) is 2.70. The maximum atomic E-state index is 12.7. The number of nitrogens with one attached hydrogen (secondary N) is 1. The fraction of sp³-hybridized carbons (Fsp3) is 0.625. The van der Waals surface area contributed by atoms with Gasteiger partial charge in [-0.15, -0.1) is 0 Å². The summed E-state index contributed by atoms with van der Waals surface area (Å²) in [6.07, 6.45) is 4.20. The smallest absolute Gasteiger partial charge is 0.257 e. The van der Waals surface area contributed by atoms with Gasteiger partial charge in [-0.2, -0.15) is 0 Å². The molecule has 1 fully saturated rings. The molecule has 2 rings (SSSR count). The van der Waals surface area contributed by atoms with Crippen LogP contribution < -0.4 is 5.32 Å². The van der Waals surface area contributed by atoms with Crippen LogP contribution in [0.1, 0.15) is 49.2 Å². The topological polar surface area (TPSA) is 65.5 Å². The summed E-state index contributed by atoms with van der Waals surface area (Å²) in [5.41, 5.74) is 1.52. The minimum absolute atomic E-state index is 0.0546. The van der Waals surface area contributed by atoms with Gasteiger partial charge < -0.3 is 15.3 Å². The Hall–Kier alpha value is -1.62. The Balaban J connectivity index is 2.21. The van der Waals surface area contributed by atoms with Crippen LogP contribution in [0.25, 0.3) is 0 Å². The summed E-state index contributed by atoms with van der Waals surface area (Å²) < 4.78 is 0. The molecule has 1 aromatic heterocycles. The van der Waals surface area contributed by atoms with Gasteiger partial charge in [0, 0.05) is 31.5 Å². The summed E-state index contributed by atoms with van der Waals surface area (Å²) in [5, 5.41) is 13.5. The number of likely N-dealkylation sites (tertiary alicyclic amines) is 1. The Bertz CT molecular complexity index is 514. The van der Waals surface area contributed by atoms with Gasteiger partial charge in [0.05, 0.1) is 16.9 Å². The Kier molecular flexibility index (Phi) is 4.83. The lowest BCUT2D eigenvalue weighted by atomic mass is 9.94. The monoisotopic (exact) mass is 291 g/mol. The minimum atomic E-state index is -0.789. The average molecular weight is 291 g/mol. The van der Waals surface area contributed by atoms with E-state index in [0.717, 1.165) is 37.2 Å². The summed E-state index contributed by atoms with van der Waals surface area (Å²) >= 11 is 0. The first-order valence-electron chi connectivity index (χ1n) is 7.65. The SMILES string of the molecule is CCCNc1cc(C)ncc1C(=O)N1CCCC(C)(O)C1. The standard InChI is InChI=1S/C16H25N3O2/c1-4-7-17-14-9-12(2)18-10-13(14)15(20)19-8-5-6-16(3,21)11-19/h9-10,21H,4-8,11H2,1-3H3,(H,17,18). The molecule has 1 unspecified atom stereocenters. The zero-order valence-electron chi connectivity index (χ0n) is 13.1. The number of carbonyl (C=O) groups is 1. The Morgan fingerprint density at radius 1 is 1.57 bits per heavy atom. The number of pyridine rings is 1. The van der Waals surface area contributed by atoms with E-state index in [1.165, 1.54) is 0 Å². The molecule has 1 atom stereocenters. The molecule has 5 heteroatoms. The molecular formula is C16H25N3O2. The molecule has 0 bridgehead atoms. The van der Waals surface area contributed by atoms with Gasteiger partial charge in [-0.25, -0.2) is 0 Å². The number of aromatic nitrogens is 1. The van der Waals surface area contributed by atoms with Gasteiger partial charge in [-0.3, -0.25) is 9.78 Å². The van der Waals surface area contributed by atoms with E-state index in [9.17, 15) is 9.90 Å². The van der Waals surface area contributed by atoms with Gasteiger partial charge in [0.1, 0.15) is 0 Å². The van der Waals surface area contributed by atoms with Crippen molar-refractivity contribution in [3.63, 3.8) is 0 Å². The van der Waals surface area contributed by atoms with Gasteiger partial charge in [0.15, 0.2) is 0 Å². The molecule has 1 aliphatic heterocycles. The summed E-state index contributed by atoms with van der Waals surface area (Å²) in [7, 11) is 0. The van der Waals surface area contributed by atoms with Crippen LogP contribution >= 0.6 is 0 Å². The predicted octanol–water partition coefficient (Wildman–Crippen LogP) is 2.20. The highest BCUT2D eigenvalue weighted by Crippen LogP contribution is 2.24. The van der Waals surface area contributed by atoms with Crippen LogP contribution in [0.3, 0.4) is 0 Å². The molecule has 2 N–H and O–H groups in total. The van der Waals surface area contributed by atoms with Crippen molar-refractivity contribution in [2.45, 2.75) is 45.6 Å². The number of amides is 1. The van der Waals surface area contributed by atoms with Crippen LogP contribution in [-0.4, -0.2) is 46.1 Å². The van der Waals surface area contributed by atoms with Crippen molar-refractivity contribution in [1.82, 2.24) is 9.88 Å². The highest BCUT2D eigenvalue weighted by Gasteiger charge is 2.32. The van der Waals surface area contributed by atoms with Crippen LogP contribution in [0.2, 0.25) is 0 Å². The maximum absolute atomic E-state index is 12.7. The second-order valence-electron chi connectivity index (χ2n) is 6.13. The molecule has 0 spiro atoms. The number of nitrogens with zero attached hydrogens (tertiary/aromatic N) is 2. The predicted molar refractivity (Wildman–Crippen MR) is 83.5 cm³/mol. The molecule has 0 aliphatic carbocycles. The second kappa shape index (κ2) is 6.43. The van der Waals surface area contributed by atoms with E-state index in [1.807, 2.05) is 13.0 Å². The van der Waals surface area contributed by atoms with E-state index in [2.05, 4.69) is 17.2 Å². The first kappa shape index (κ1) is 15.8. The fourth-order valence-corrected chi connectivity index (χ4v) is 2.70. The number of aliphatic hydroxyl groups is 1. The molecule has 2 heterocycles. The third-order valence-electron chi connectivity index (χ3n) is 3.80. The van der Waals surface area contributed by atoms with Crippen molar-refractivity contribution in [2.75, 3.05) is 25.0 Å². The highest BCUT2D eigenvalue weighted by atomic mass is 16.3. The minimum Gasteiger partial charge on any atom is -0.388 e. The lowest BCUT2D eigenvalue weighted by Gasteiger charge is -2.37. The zero-order chi connectivity index (χ0) is 15.5. The van der Waals surface area contributed by atoms with Gasteiger partial charge in [-0.05, 0) is 39.2 Å². The Morgan fingerprint density at radius 3 is 3.00 bits per heavy atom. The maximum Gasteiger partial charge on any atom is 0.257 e. The van der Waals surface area contributed by atoms with Gasteiger partial charge >= 0.3 is 0 Å². The summed E-state index contributed by atoms with van der Waals surface area (Å²) in [4.78, 5) is 18.7. The van der Waals surface area contributed by atoms with Gasteiger partial charge in [-0.1, -0.05) is 6.92 Å². The first-order chi connectivity index (χ1) is 9.93. The van der Waals surface area contributed by atoms with E-state index in [-0.39, 0.29) is 5.91 Å². The van der Waals surface area contributed by atoms with Crippen molar-refractivity contribution in [3.8, 4) is 0 Å². The molecule has 1 amide bonds. The quantitative estimate of drug-likeness (QED) is 0.892. The van der Waals surface area contributed by atoms with E-state index in [4.69, 9.17) is 0 Å². The summed E-state index contributed by atoms with van der Waals surface area (Å²) in [5.74, 6) is -0.0546. The molecular weight excluding hydrogens is 266 g/mol. The molecule has 0 radical (unpaired) electrons. The van der Waals surface area contributed by atoms with E-state index < -0.39 is 5.60 Å². The van der Waals surface area contributed by atoms with Gasteiger partial charge in [0.25, 0.3) is 5.91 Å². The van der Waals surface area contributed by atoms with Crippen molar-refractivity contribution in [3.05, 3.63) is 23.5 Å². The molecule has 0 saturated carbocycles. The Labute approximate surface area is 126 Å². The van der Waals surface area contributed by atoms with E-state index in [0.29, 0.717) is 18.7 Å². The average Bonchev–Trinajstić information content (AvgIpc) is 2.43. The normalized spacial score (nSPS) is 22.2. The number of rotatable bonds is 4. The van der Waals surface area contributed by atoms with Crippen molar-refractivity contribution in [1.29, 1.82) is 0 Å². The van der Waals surface area contributed by atoms with Crippen LogP contribution in [0.15, 0.2) is 12.3 Å². The number of piperidine rings is 1. The zero-order valence-corrected chi connectivity index (χ0v) is 13.1. The molecule has 5 nitrogen and oxygen atoms in total. The van der Waals surface area contributed by atoms with Crippen LogP contribution in [0.4, 0.5) is 5.69 Å². The molecule has 1 saturated heterocycles. The number of aryl methyl sites for hydroxylation is 1. The van der Waals surface area contributed by atoms with Crippen molar-refractivity contribution < 1.29 is 9.90 Å². The lowest BCUT2D eigenvalue weighted by Crippen LogP contribution is -2.48. The molecule has 116 valence electrons. The van der Waals surface area contributed by atoms with Gasteiger partial charge in [0.2, 0.25) is 0 Å². The third-order valence-corrected chi connectivity index (χ3v) is 3.80. The van der Waals surface area contributed by atoms with E-state index >= 15 is 0 Å². The number of hydrogen-bond acceptors (Lipinski definition) is 4. The second-order valence-corrected chi connectivity index (χ2v) is 6.13. The Morgan fingerprint density at radius 2 is 2.33 bits per heavy atom. The molecule has 1 aromatic rings. The number of anilines is 1. The number of carbonyl (C=O) groups excluding carboxylic acids is 1. The summed E-state index contributed by atoms with van der Waals surface area (Å²) in [6, 6.07) is 1.91. The van der Waals surface area contributed by atoms with E-state index in [1.54, 1.807) is 18.0 Å². The molecule has 1 aliphatic rings. The molecule has 0 aromatic carbocycles. The van der Waals surface area contributed by atoms with Crippen LogP contribution in [0, 0.1) is 6.92 Å². The van der Waals surface area contributed by atoms with Crippen LogP contribution in [0.5, 0.6) is 0 Å². The van der Waals surface area contributed by atoms with Crippen LogP contribution in [-0.2, 0) is 0 Å². The number of β-amino-alcohol motifs (C(OH)–C–C–N with tert-alkyl or cyclic N) is 1.